The number of carbonyl (C=O) groups excluding carboxylic acids is 1. The van der Waals surface area contributed by atoms with Crippen molar-refractivity contribution in [3.63, 3.8) is 0 Å². The molecule has 0 spiro atoms. The van der Waals surface area contributed by atoms with E-state index in [4.69, 9.17) is 0 Å². The average molecular weight is 384 g/mol. The molecule has 150 valence electrons. The van der Waals surface area contributed by atoms with E-state index in [1.165, 1.54) is 31.7 Å². The Kier molecular flexibility index (Phi) is 5.51. The van der Waals surface area contributed by atoms with E-state index >= 15 is 0 Å². The number of hydrogen-bond acceptors (Lipinski definition) is 2. The van der Waals surface area contributed by atoms with Crippen LogP contribution in [0.1, 0.15) is 92.0 Å². The molecular formula is C23H30FN3O. The molecule has 0 bridgehead atoms. The van der Waals surface area contributed by atoms with Gasteiger partial charge in [0.15, 0.2) is 5.69 Å². The fraction of sp³-hybridized carbons (Fsp3) is 0.565. The predicted octanol–water partition coefficient (Wildman–Crippen LogP) is 5.36. The maximum atomic E-state index is 14.5. The van der Waals surface area contributed by atoms with Crippen molar-refractivity contribution in [3.05, 3.63) is 53.1 Å². The van der Waals surface area contributed by atoms with Crippen molar-refractivity contribution in [1.29, 1.82) is 0 Å². The second kappa shape index (κ2) is 8.06. The minimum absolute atomic E-state index is 0.0671. The average Bonchev–Trinajstić information content (AvgIpc) is 3.44. The van der Waals surface area contributed by atoms with Crippen LogP contribution < -0.4 is 0 Å². The second-order valence-corrected chi connectivity index (χ2v) is 8.41. The van der Waals surface area contributed by atoms with Gasteiger partial charge in [0.2, 0.25) is 0 Å². The van der Waals surface area contributed by atoms with E-state index in [-0.39, 0.29) is 23.8 Å². The number of halogens is 1. The third kappa shape index (κ3) is 3.59. The first-order chi connectivity index (χ1) is 13.6. The highest BCUT2D eigenvalue weighted by Crippen LogP contribution is 2.36. The molecule has 2 aliphatic rings. The molecule has 2 saturated carbocycles. The molecule has 2 fully saturated rings. The lowest BCUT2D eigenvalue weighted by atomic mass is 10.0. The Labute approximate surface area is 166 Å². The summed E-state index contributed by atoms with van der Waals surface area (Å²) in [5, 5.41) is 4.58. The predicted molar refractivity (Wildman–Crippen MR) is 108 cm³/mol. The molecule has 2 aliphatic carbocycles. The molecule has 1 heterocycles. The minimum Gasteiger partial charge on any atom is -0.327 e. The molecule has 1 amide bonds. The molecule has 28 heavy (non-hydrogen) atoms. The summed E-state index contributed by atoms with van der Waals surface area (Å²) in [7, 11) is 1.94. The Morgan fingerprint density at radius 1 is 1.14 bits per heavy atom. The van der Waals surface area contributed by atoms with E-state index in [1.54, 1.807) is 12.1 Å². The van der Waals surface area contributed by atoms with E-state index in [9.17, 15) is 9.18 Å². The Balaban J connectivity index is 1.66. The number of carbonyl (C=O) groups is 1. The number of aryl methyl sites for hydroxylation is 1. The molecule has 1 unspecified atom stereocenters. The van der Waals surface area contributed by atoms with Crippen molar-refractivity contribution < 1.29 is 9.18 Å². The van der Waals surface area contributed by atoms with E-state index in [1.807, 2.05) is 35.7 Å². The fourth-order valence-electron chi connectivity index (χ4n) is 5.13. The van der Waals surface area contributed by atoms with Crippen LogP contribution in [0.3, 0.4) is 0 Å². The van der Waals surface area contributed by atoms with Crippen LogP contribution in [0.25, 0.3) is 0 Å². The van der Waals surface area contributed by atoms with Crippen molar-refractivity contribution in [2.45, 2.75) is 76.3 Å². The molecule has 1 aromatic carbocycles. The van der Waals surface area contributed by atoms with Crippen LogP contribution in [0.5, 0.6) is 0 Å². The van der Waals surface area contributed by atoms with Crippen molar-refractivity contribution in [2.75, 3.05) is 0 Å². The first-order valence-corrected chi connectivity index (χ1v) is 10.7. The molecule has 5 heteroatoms. The maximum absolute atomic E-state index is 14.5. The summed E-state index contributed by atoms with van der Waals surface area (Å²) in [4.78, 5) is 15.5. The first-order valence-electron chi connectivity index (χ1n) is 10.7. The lowest BCUT2D eigenvalue weighted by Crippen LogP contribution is -2.41. The highest BCUT2D eigenvalue weighted by Gasteiger charge is 2.34. The number of hydrogen-bond donors (Lipinski definition) is 0. The van der Waals surface area contributed by atoms with Crippen LogP contribution in [-0.4, -0.2) is 26.6 Å². The summed E-state index contributed by atoms with van der Waals surface area (Å²) in [5.41, 5.74) is 2.24. The molecule has 2 aromatic rings. The minimum atomic E-state index is -0.311. The van der Waals surface area contributed by atoms with E-state index in [2.05, 4.69) is 5.10 Å². The van der Waals surface area contributed by atoms with Crippen LogP contribution in [0.15, 0.2) is 30.3 Å². The van der Waals surface area contributed by atoms with Crippen LogP contribution in [-0.2, 0) is 7.05 Å². The van der Waals surface area contributed by atoms with Gasteiger partial charge in [0.1, 0.15) is 5.82 Å². The summed E-state index contributed by atoms with van der Waals surface area (Å²) in [6.07, 6.45) is 9.03. The van der Waals surface area contributed by atoms with Crippen molar-refractivity contribution in [3.8, 4) is 0 Å². The van der Waals surface area contributed by atoms with E-state index < -0.39 is 0 Å². The third-order valence-electron chi connectivity index (χ3n) is 6.63. The lowest BCUT2D eigenvalue weighted by Gasteiger charge is -2.34. The molecule has 0 radical (unpaired) electrons. The fourth-order valence-corrected chi connectivity index (χ4v) is 5.13. The number of amides is 1. The van der Waals surface area contributed by atoms with Crippen LogP contribution in [0, 0.1) is 5.82 Å². The summed E-state index contributed by atoms with van der Waals surface area (Å²) < 4.78 is 16.3. The van der Waals surface area contributed by atoms with Crippen LogP contribution in [0.4, 0.5) is 4.39 Å². The standard InChI is InChI=1S/C23H30FN3O/c1-16(19-13-7-8-14-20(19)24)27(18-11-5-6-12-18)23(28)21-15-22(26(2)25-21)17-9-3-4-10-17/h7-8,13-18H,3-6,9-12H2,1-2H3. The Morgan fingerprint density at radius 3 is 2.46 bits per heavy atom. The monoisotopic (exact) mass is 383 g/mol. The number of aromatic nitrogens is 2. The quantitative estimate of drug-likeness (QED) is 0.697. The molecule has 4 rings (SSSR count). The number of nitrogens with zero attached hydrogens (tertiary/aromatic N) is 3. The van der Waals surface area contributed by atoms with Gasteiger partial charge in [-0.05, 0) is 44.7 Å². The van der Waals surface area contributed by atoms with Gasteiger partial charge in [0, 0.05) is 30.3 Å². The zero-order valence-corrected chi connectivity index (χ0v) is 16.9. The van der Waals surface area contributed by atoms with Gasteiger partial charge in [-0.3, -0.25) is 9.48 Å². The highest BCUT2D eigenvalue weighted by atomic mass is 19.1. The van der Waals surface area contributed by atoms with Crippen LogP contribution in [0.2, 0.25) is 0 Å². The second-order valence-electron chi connectivity index (χ2n) is 8.41. The van der Waals surface area contributed by atoms with Gasteiger partial charge < -0.3 is 4.90 Å². The van der Waals surface area contributed by atoms with Gasteiger partial charge in [-0.1, -0.05) is 43.9 Å². The lowest BCUT2D eigenvalue weighted by molar-refractivity contribution is 0.0581. The Bertz CT molecular complexity index is 834. The van der Waals surface area contributed by atoms with Gasteiger partial charge in [-0.25, -0.2) is 4.39 Å². The normalized spacial score (nSPS) is 19.2. The van der Waals surface area contributed by atoms with Crippen molar-refractivity contribution in [1.82, 2.24) is 14.7 Å². The molecular weight excluding hydrogens is 353 g/mol. The van der Waals surface area contributed by atoms with Gasteiger partial charge in [0.05, 0.1) is 6.04 Å². The molecule has 4 nitrogen and oxygen atoms in total. The highest BCUT2D eigenvalue weighted by molar-refractivity contribution is 5.93. The molecule has 0 N–H and O–H groups in total. The summed E-state index contributed by atoms with van der Waals surface area (Å²) >= 11 is 0. The van der Waals surface area contributed by atoms with Crippen LogP contribution >= 0.6 is 0 Å². The third-order valence-corrected chi connectivity index (χ3v) is 6.63. The molecule has 1 atom stereocenters. The zero-order chi connectivity index (χ0) is 19.7. The molecule has 0 saturated heterocycles. The molecule has 1 aromatic heterocycles. The first kappa shape index (κ1) is 19.2. The Morgan fingerprint density at radius 2 is 1.79 bits per heavy atom. The summed E-state index contributed by atoms with van der Waals surface area (Å²) in [6.45, 7) is 1.94. The molecule has 0 aliphatic heterocycles. The number of benzene rings is 1. The SMILES string of the molecule is CC(c1ccccc1F)N(C(=O)c1cc(C2CCCC2)n(C)n1)C1CCCC1. The maximum Gasteiger partial charge on any atom is 0.275 e. The smallest absolute Gasteiger partial charge is 0.275 e. The topological polar surface area (TPSA) is 38.1 Å². The van der Waals surface area contributed by atoms with E-state index in [0.717, 1.165) is 31.4 Å². The van der Waals surface area contributed by atoms with Gasteiger partial charge in [0.25, 0.3) is 5.91 Å². The van der Waals surface area contributed by atoms with Gasteiger partial charge >= 0.3 is 0 Å². The van der Waals surface area contributed by atoms with Crippen molar-refractivity contribution in [2.24, 2.45) is 7.05 Å². The van der Waals surface area contributed by atoms with Gasteiger partial charge in [-0.2, -0.15) is 5.10 Å². The summed E-state index contributed by atoms with van der Waals surface area (Å²) in [5.74, 6) is 0.184. The summed E-state index contributed by atoms with van der Waals surface area (Å²) in [6, 6.07) is 8.62. The number of rotatable bonds is 5. The largest absolute Gasteiger partial charge is 0.327 e. The zero-order valence-electron chi connectivity index (χ0n) is 16.9. The van der Waals surface area contributed by atoms with Gasteiger partial charge in [-0.15, -0.1) is 0 Å². The van der Waals surface area contributed by atoms with Crippen molar-refractivity contribution >= 4 is 5.91 Å². The van der Waals surface area contributed by atoms with E-state index in [0.29, 0.717) is 17.2 Å². The Hall–Kier alpha value is -2.17.